The van der Waals surface area contributed by atoms with Crippen molar-refractivity contribution in [3.05, 3.63) is 24.3 Å². The van der Waals surface area contributed by atoms with Gasteiger partial charge in [-0.2, -0.15) is 0 Å². The number of methoxy groups -OCH3 is 1. The summed E-state index contributed by atoms with van der Waals surface area (Å²) in [5, 5.41) is 6.47. The second kappa shape index (κ2) is 9.14. The first-order chi connectivity index (χ1) is 11.3. The van der Waals surface area contributed by atoms with Crippen LogP contribution < -0.4 is 20.3 Å². The van der Waals surface area contributed by atoms with Crippen LogP contribution in [0.1, 0.15) is 19.3 Å². The van der Waals surface area contributed by atoms with Gasteiger partial charge in [0.15, 0.2) is 0 Å². The maximum absolute atomic E-state index is 12.2. The number of hydrogen-bond donors (Lipinski definition) is 2. The standard InChI is InChI=1S/C18H27N3O2.ClH/c1-23-17-5-3-2-4-16(17)21-11-8-14(13-21)12-20-18(22)15-6-9-19-10-7-15;/h2-5,14-15,19H,6-13H2,1H3,(H,20,22);1H. The lowest BCUT2D eigenvalue weighted by Gasteiger charge is -2.23. The number of amides is 1. The molecule has 0 aliphatic carbocycles. The van der Waals surface area contributed by atoms with Crippen molar-refractivity contribution in [2.45, 2.75) is 19.3 Å². The fraction of sp³-hybridized carbons (Fsp3) is 0.611. The van der Waals surface area contributed by atoms with Gasteiger partial charge in [-0.25, -0.2) is 0 Å². The number of halogens is 1. The summed E-state index contributed by atoms with van der Waals surface area (Å²) in [7, 11) is 1.71. The Morgan fingerprint density at radius 3 is 2.79 bits per heavy atom. The summed E-state index contributed by atoms with van der Waals surface area (Å²) in [5.74, 6) is 1.88. The van der Waals surface area contributed by atoms with Gasteiger partial charge in [0.05, 0.1) is 12.8 Å². The Labute approximate surface area is 150 Å². The lowest BCUT2D eigenvalue weighted by atomic mass is 9.97. The molecular weight excluding hydrogens is 326 g/mol. The number of rotatable bonds is 5. The van der Waals surface area contributed by atoms with Crippen LogP contribution in [0.4, 0.5) is 5.69 Å². The molecule has 2 aliphatic rings. The van der Waals surface area contributed by atoms with E-state index in [2.05, 4.69) is 21.6 Å². The van der Waals surface area contributed by atoms with Crippen LogP contribution in [-0.2, 0) is 4.79 Å². The third kappa shape index (κ3) is 4.54. The monoisotopic (exact) mass is 353 g/mol. The largest absolute Gasteiger partial charge is 0.495 e. The number of carbonyl (C=O) groups excluding carboxylic acids is 1. The minimum absolute atomic E-state index is 0. The van der Waals surface area contributed by atoms with Gasteiger partial charge in [0.25, 0.3) is 0 Å². The quantitative estimate of drug-likeness (QED) is 0.850. The van der Waals surface area contributed by atoms with Gasteiger partial charge in [-0.1, -0.05) is 12.1 Å². The average Bonchev–Trinajstić information content (AvgIpc) is 3.09. The zero-order valence-electron chi connectivity index (χ0n) is 14.3. The van der Waals surface area contributed by atoms with Gasteiger partial charge < -0.3 is 20.3 Å². The molecule has 2 heterocycles. The summed E-state index contributed by atoms with van der Waals surface area (Å²) in [4.78, 5) is 14.6. The van der Waals surface area contributed by atoms with E-state index in [1.165, 1.54) is 0 Å². The van der Waals surface area contributed by atoms with Crippen molar-refractivity contribution in [1.82, 2.24) is 10.6 Å². The highest BCUT2D eigenvalue weighted by atomic mass is 35.5. The minimum atomic E-state index is 0. The van der Waals surface area contributed by atoms with Gasteiger partial charge in [0, 0.05) is 25.6 Å². The number of benzene rings is 1. The van der Waals surface area contributed by atoms with Crippen LogP contribution in [0.25, 0.3) is 0 Å². The molecule has 1 unspecified atom stereocenters. The van der Waals surface area contributed by atoms with E-state index in [4.69, 9.17) is 4.74 Å². The first-order valence-electron chi connectivity index (χ1n) is 8.64. The number of ether oxygens (including phenoxy) is 1. The molecule has 134 valence electrons. The molecule has 0 bridgehead atoms. The average molecular weight is 354 g/mol. The van der Waals surface area contributed by atoms with E-state index in [1.807, 2.05) is 18.2 Å². The summed E-state index contributed by atoms with van der Waals surface area (Å²) in [6.45, 7) is 4.71. The molecule has 5 nitrogen and oxygen atoms in total. The van der Waals surface area contributed by atoms with Crippen molar-refractivity contribution in [3.63, 3.8) is 0 Å². The normalized spacial score (nSPS) is 21.2. The number of nitrogens with one attached hydrogen (secondary N) is 2. The number of nitrogens with zero attached hydrogens (tertiary/aromatic N) is 1. The molecule has 0 saturated carbocycles. The summed E-state index contributed by atoms with van der Waals surface area (Å²) < 4.78 is 5.45. The van der Waals surface area contributed by atoms with E-state index in [9.17, 15) is 4.79 Å². The summed E-state index contributed by atoms with van der Waals surface area (Å²) in [5.41, 5.74) is 1.15. The molecule has 2 saturated heterocycles. The molecule has 2 N–H and O–H groups in total. The number of para-hydroxylation sites is 2. The van der Waals surface area contributed by atoms with E-state index in [0.717, 1.165) is 63.4 Å². The van der Waals surface area contributed by atoms with E-state index >= 15 is 0 Å². The highest BCUT2D eigenvalue weighted by Gasteiger charge is 2.26. The number of hydrogen-bond acceptors (Lipinski definition) is 4. The Morgan fingerprint density at radius 1 is 1.29 bits per heavy atom. The van der Waals surface area contributed by atoms with Crippen molar-refractivity contribution >= 4 is 24.0 Å². The number of carbonyl (C=O) groups is 1. The van der Waals surface area contributed by atoms with Crippen LogP contribution in [0.15, 0.2) is 24.3 Å². The summed E-state index contributed by atoms with van der Waals surface area (Å²) in [6, 6.07) is 8.15. The third-order valence-electron chi connectivity index (χ3n) is 4.99. The molecule has 1 aromatic carbocycles. The molecule has 2 fully saturated rings. The Bertz CT molecular complexity index is 535. The smallest absolute Gasteiger partial charge is 0.223 e. The minimum Gasteiger partial charge on any atom is -0.495 e. The van der Waals surface area contributed by atoms with Crippen LogP contribution in [0.3, 0.4) is 0 Å². The zero-order valence-corrected chi connectivity index (χ0v) is 15.1. The van der Waals surface area contributed by atoms with E-state index in [1.54, 1.807) is 7.11 Å². The Balaban J connectivity index is 0.00000208. The van der Waals surface area contributed by atoms with Gasteiger partial charge in [-0.3, -0.25) is 4.79 Å². The fourth-order valence-corrected chi connectivity index (χ4v) is 3.58. The van der Waals surface area contributed by atoms with E-state index < -0.39 is 0 Å². The first-order valence-corrected chi connectivity index (χ1v) is 8.64. The van der Waals surface area contributed by atoms with Crippen LogP contribution in [0.2, 0.25) is 0 Å². The van der Waals surface area contributed by atoms with Crippen molar-refractivity contribution in [3.8, 4) is 5.75 Å². The highest BCUT2D eigenvalue weighted by Crippen LogP contribution is 2.31. The lowest BCUT2D eigenvalue weighted by Crippen LogP contribution is -2.40. The fourth-order valence-electron chi connectivity index (χ4n) is 3.58. The van der Waals surface area contributed by atoms with Crippen LogP contribution in [-0.4, -0.2) is 45.7 Å². The Morgan fingerprint density at radius 2 is 2.04 bits per heavy atom. The van der Waals surface area contributed by atoms with Gasteiger partial charge in [-0.05, 0) is 50.4 Å². The molecule has 24 heavy (non-hydrogen) atoms. The molecule has 0 aromatic heterocycles. The number of piperidine rings is 1. The summed E-state index contributed by atoms with van der Waals surface area (Å²) >= 11 is 0. The van der Waals surface area contributed by atoms with E-state index in [-0.39, 0.29) is 24.2 Å². The summed E-state index contributed by atoms with van der Waals surface area (Å²) in [6.07, 6.45) is 3.04. The zero-order chi connectivity index (χ0) is 16.1. The molecular formula is C18H28ClN3O2. The second-order valence-electron chi connectivity index (χ2n) is 6.54. The van der Waals surface area contributed by atoms with Crippen LogP contribution >= 0.6 is 12.4 Å². The van der Waals surface area contributed by atoms with Gasteiger partial charge >= 0.3 is 0 Å². The van der Waals surface area contributed by atoms with Gasteiger partial charge in [-0.15, -0.1) is 12.4 Å². The molecule has 2 aliphatic heterocycles. The molecule has 3 rings (SSSR count). The predicted molar refractivity (Wildman–Crippen MR) is 99.2 cm³/mol. The van der Waals surface area contributed by atoms with Crippen LogP contribution in [0, 0.1) is 11.8 Å². The molecule has 0 spiro atoms. The third-order valence-corrected chi connectivity index (χ3v) is 4.99. The first kappa shape index (κ1) is 18.9. The van der Waals surface area contributed by atoms with Crippen LogP contribution in [0.5, 0.6) is 5.75 Å². The maximum Gasteiger partial charge on any atom is 0.223 e. The highest BCUT2D eigenvalue weighted by molar-refractivity contribution is 5.85. The topological polar surface area (TPSA) is 53.6 Å². The Hall–Kier alpha value is -1.46. The molecule has 0 radical (unpaired) electrons. The van der Waals surface area contributed by atoms with Gasteiger partial charge in [0.1, 0.15) is 5.75 Å². The number of anilines is 1. The van der Waals surface area contributed by atoms with Crippen molar-refractivity contribution in [1.29, 1.82) is 0 Å². The molecule has 1 aromatic rings. The molecule has 6 heteroatoms. The maximum atomic E-state index is 12.2. The molecule has 1 amide bonds. The SMILES string of the molecule is COc1ccccc1N1CCC(CNC(=O)C2CCNCC2)C1.Cl. The molecule has 1 atom stereocenters. The van der Waals surface area contributed by atoms with Crippen molar-refractivity contribution in [2.24, 2.45) is 11.8 Å². The van der Waals surface area contributed by atoms with E-state index in [0.29, 0.717) is 5.92 Å². The lowest BCUT2D eigenvalue weighted by molar-refractivity contribution is -0.125. The Kier molecular flexibility index (Phi) is 7.18. The predicted octanol–water partition coefficient (Wildman–Crippen LogP) is 2.06. The van der Waals surface area contributed by atoms with Crippen molar-refractivity contribution in [2.75, 3.05) is 44.7 Å². The van der Waals surface area contributed by atoms with Gasteiger partial charge in [0.2, 0.25) is 5.91 Å². The second-order valence-corrected chi connectivity index (χ2v) is 6.54. The van der Waals surface area contributed by atoms with Crippen molar-refractivity contribution < 1.29 is 9.53 Å².